The highest BCUT2D eigenvalue weighted by atomic mass is 16.6. The first kappa shape index (κ1) is 15.2. The van der Waals surface area contributed by atoms with Crippen LogP contribution in [0.5, 0.6) is 0 Å². The van der Waals surface area contributed by atoms with Gasteiger partial charge >= 0.3 is 5.97 Å². The summed E-state index contributed by atoms with van der Waals surface area (Å²) in [7, 11) is 0. The molecular weight excluding hydrogens is 242 g/mol. The van der Waals surface area contributed by atoms with Crippen molar-refractivity contribution in [3.05, 3.63) is 35.9 Å². The van der Waals surface area contributed by atoms with Gasteiger partial charge in [0.1, 0.15) is 5.60 Å². The Bertz CT molecular complexity index is 421. The summed E-state index contributed by atoms with van der Waals surface area (Å²) in [6, 6.07) is 9.64. The average molecular weight is 263 g/mol. The normalized spacial score (nSPS) is 10.9. The van der Waals surface area contributed by atoms with Gasteiger partial charge in [-0.25, -0.2) is 0 Å². The van der Waals surface area contributed by atoms with Crippen molar-refractivity contribution in [1.29, 1.82) is 0 Å². The lowest BCUT2D eigenvalue weighted by atomic mass is 10.2. The number of nitrogens with one attached hydrogen (secondary N) is 1. The summed E-state index contributed by atoms with van der Waals surface area (Å²) in [5, 5.41) is 2.77. The van der Waals surface area contributed by atoms with Crippen LogP contribution in [0.25, 0.3) is 0 Å². The van der Waals surface area contributed by atoms with Crippen molar-refractivity contribution in [3.8, 4) is 0 Å². The fourth-order valence-electron chi connectivity index (χ4n) is 1.49. The Morgan fingerprint density at radius 3 is 2.32 bits per heavy atom. The number of carbonyl (C=O) groups is 2. The van der Waals surface area contributed by atoms with Crippen molar-refractivity contribution in [2.24, 2.45) is 0 Å². The minimum absolute atomic E-state index is 0.109. The van der Waals surface area contributed by atoms with Gasteiger partial charge in [0.25, 0.3) is 0 Å². The highest BCUT2D eigenvalue weighted by Gasteiger charge is 2.16. The average Bonchev–Trinajstić information content (AvgIpc) is 2.33. The molecule has 0 saturated carbocycles. The minimum Gasteiger partial charge on any atom is -0.460 e. The van der Waals surface area contributed by atoms with Gasteiger partial charge in [0, 0.05) is 13.0 Å². The molecule has 0 saturated heterocycles. The van der Waals surface area contributed by atoms with Gasteiger partial charge in [-0.1, -0.05) is 30.3 Å². The zero-order valence-corrected chi connectivity index (χ0v) is 11.7. The van der Waals surface area contributed by atoms with E-state index in [0.29, 0.717) is 6.54 Å². The van der Waals surface area contributed by atoms with Crippen LogP contribution in [-0.2, 0) is 20.9 Å². The molecule has 0 aliphatic carbocycles. The van der Waals surface area contributed by atoms with E-state index in [1.54, 1.807) is 20.8 Å². The zero-order valence-electron chi connectivity index (χ0n) is 11.7. The van der Waals surface area contributed by atoms with Crippen molar-refractivity contribution in [3.63, 3.8) is 0 Å². The maximum atomic E-state index is 11.6. The fourth-order valence-corrected chi connectivity index (χ4v) is 1.49. The van der Waals surface area contributed by atoms with Gasteiger partial charge in [-0.3, -0.25) is 9.59 Å². The van der Waals surface area contributed by atoms with Crippen LogP contribution in [0.1, 0.15) is 39.2 Å². The van der Waals surface area contributed by atoms with E-state index in [9.17, 15) is 9.59 Å². The molecule has 0 spiro atoms. The largest absolute Gasteiger partial charge is 0.460 e. The summed E-state index contributed by atoms with van der Waals surface area (Å²) in [5.74, 6) is -0.489. The molecule has 0 unspecified atom stereocenters. The van der Waals surface area contributed by atoms with Gasteiger partial charge in [-0.2, -0.15) is 0 Å². The van der Waals surface area contributed by atoms with Crippen LogP contribution < -0.4 is 5.32 Å². The lowest BCUT2D eigenvalue weighted by molar-refractivity contribution is -0.155. The Kier molecular flexibility index (Phi) is 5.55. The highest BCUT2D eigenvalue weighted by Crippen LogP contribution is 2.09. The molecule has 0 atom stereocenters. The SMILES string of the molecule is CC(C)(C)OC(=O)CCC(=O)NCc1ccccc1. The number of esters is 1. The van der Waals surface area contributed by atoms with Gasteiger partial charge in [-0.05, 0) is 26.3 Å². The standard InChI is InChI=1S/C15H21NO3/c1-15(2,3)19-14(18)10-9-13(17)16-11-12-7-5-4-6-8-12/h4-8H,9-11H2,1-3H3,(H,16,17). The van der Waals surface area contributed by atoms with E-state index in [1.165, 1.54) is 0 Å². The molecule has 1 rings (SSSR count). The predicted octanol–water partition coefficient (Wildman–Crippen LogP) is 2.42. The number of rotatable bonds is 5. The Balaban J connectivity index is 2.23. The van der Waals surface area contributed by atoms with Crippen LogP contribution in [0.4, 0.5) is 0 Å². The van der Waals surface area contributed by atoms with Crippen LogP contribution in [-0.4, -0.2) is 17.5 Å². The molecule has 19 heavy (non-hydrogen) atoms. The van der Waals surface area contributed by atoms with Crippen LogP contribution in [0, 0.1) is 0 Å². The third kappa shape index (κ3) is 7.24. The van der Waals surface area contributed by atoms with Crippen LogP contribution in [0.15, 0.2) is 30.3 Å². The topological polar surface area (TPSA) is 55.4 Å². The monoisotopic (exact) mass is 263 g/mol. The van der Waals surface area contributed by atoms with E-state index < -0.39 is 5.60 Å². The van der Waals surface area contributed by atoms with Gasteiger partial charge in [-0.15, -0.1) is 0 Å². The second kappa shape index (κ2) is 6.92. The maximum Gasteiger partial charge on any atom is 0.306 e. The second-order valence-electron chi connectivity index (χ2n) is 5.35. The third-order valence-corrected chi connectivity index (χ3v) is 2.31. The fraction of sp³-hybridized carbons (Fsp3) is 0.467. The Morgan fingerprint density at radius 1 is 1.11 bits per heavy atom. The molecule has 0 aromatic heterocycles. The molecule has 1 N–H and O–H groups in total. The molecule has 1 aromatic carbocycles. The second-order valence-corrected chi connectivity index (χ2v) is 5.35. The van der Waals surface area contributed by atoms with Crippen LogP contribution >= 0.6 is 0 Å². The highest BCUT2D eigenvalue weighted by molar-refractivity contribution is 5.81. The van der Waals surface area contributed by atoms with E-state index in [0.717, 1.165) is 5.56 Å². The summed E-state index contributed by atoms with van der Waals surface area (Å²) >= 11 is 0. The first-order valence-corrected chi connectivity index (χ1v) is 6.39. The Labute approximate surface area is 114 Å². The van der Waals surface area contributed by atoms with Crippen molar-refractivity contribution < 1.29 is 14.3 Å². The molecule has 4 heteroatoms. The van der Waals surface area contributed by atoms with Gasteiger partial charge < -0.3 is 10.1 Å². The lowest BCUT2D eigenvalue weighted by Crippen LogP contribution is -2.26. The van der Waals surface area contributed by atoms with E-state index in [1.807, 2.05) is 30.3 Å². The third-order valence-electron chi connectivity index (χ3n) is 2.31. The van der Waals surface area contributed by atoms with Crippen LogP contribution in [0.3, 0.4) is 0 Å². The van der Waals surface area contributed by atoms with E-state index in [-0.39, 0.29) is 24.7 Å². The van der Waals surface area contributed by atoms with E-state index in [2.05, 4.69) is 5.32 Å². The summed E-state index contributed by atoms with van der Waals surface area (Å²) in [6.45, 7) is 5.90. The Morgan fingerprint density at radius 2 is 1.74 bits per heavy atom. The van der Waals surface area contributed by atoms with E-state index in [4.69, 9.17) is 4.74 Å². The smallest absolute Gasteiger partial charge is 0.306 e. The summed E-state index contributed by atoms with van der Waals surface area (Å²) in [6.07, 6.45) is 0.264. The minimum atomic E-state index is -0.502. The molecule has 0 radical (unpaired) electrons. The molecule has 4 nitrogen and oxygen atoms in total. The number of hydrogen-bond acceptors (Lipinski definition) is 3. The summed E-state index contributed by atoms with van der Waals surface area (Å²) in [4.78, 5) is 23.0. The number of benzene rings is 1. The quantitative estimate of drug-likeness (QED) is 0.830. The molecule has 0 aliphatic heterocycles. The van der Waals surface area contributed by atoms with Crippen molar-refractivity contribution in [2.45, 2.75) is 45.8 Å². The number of hydrogen-bond donors (Lipinski definition) is 1. The van der Waals surface area contributed by atoms with Crippen molar-refractivity contribution in [2.75, 3.05) is 0 Å². The molecular formula is C15H21NO3. The maximum absolute atomic E-state index is 11.6. The zero-order chi connectivity index (χ0) is 14.3. The first-order valence-electron chi connectivity index (χ1n) is 6.39. The predicted molar refractivity (Wildman–Crippen MR) is 73.4 cm³/mol. The van der Waals surface area contributed by atoms with Crippen LogP contribution in [0.2, 0.25) is 0 Å². The molecule has 0 fully saturated rings. The Hall–Kier alpha value is -1.84. The molecule has 1 aromatic rings. The van der Waals surface area contributed by atoms with Gasteiger partial charge in [0.15, 0.2) is 0 Å². The van der Waals surface area contributed by atoms with E-state index >= 15 is 0 Å². The molecule has 104 valence electrons. The van der Waals surface area contributed by atoms with Crippen molar-refractivity contribution in [1.82, 2.24) is 5.32 Å². The molecule has 0 aliphatic rings. The summed E-state index contributed by atoms with van der Waals surface area (Å²) in [5.41, 5.74) is 0.533. The number of carbonyl (C=O) groups excluding carboxylic acids is 2. The lowest BCUT2D eigenvalue weighted by Gasteiger charge is -2.19. The number of amides is 1. The summed E-state index contributed by atoms with van der Waals surface area (Å²) < 4.78 is 5.13. The number of ether oxygens (including phenoxy) is 1. The first-order chi connectivity index (χ1) is 8.87. The molecule has 0 heterocycles. The molecule has 0 bridgehead atoms. The van der Waals surface area contributed by atoms with Gasteiger partial charge in [0.05, 0.1) is 6.42 Å². The van der Waals surface area contributed by atoms with Crippen molar-refractivity contribution >= 4 is 11.9 Å². The molecule has 1 amide bonds. The van der Waals surface area contributed by atoms with Gasteiger partial charge in [0.2, 0.25) is 5.91 Å².